The second-order valence-corrected chi connectivity index (χ2v) is 12.3. The Labute approximate surface area is 206 Å². The molecule has 0 N–H and O–H groups in total. The molecular weight excluding hydrogens is 460 g/mol. The Morgan fingerprint density at radius 2 is 1.03 bits per heavy atom. The van der Waals surface area contributed by atoms with E-state index in [1.165, 1.54) is 32.4 Å². The molecule has 5 heteroatoms. The third kappa shape index (κ3) is 6.83. The summed E-state index contributed by atoms with van der Waals surface area (Å²) in [6.45, 7) is 8.37. The van der Waals surface area contributed by atoms with Crippen LogP contribution in [0.15, 0.2) is 129 Å². The second kappa shape index (κ2) is 11.0. The van der Waals surface area contributed by atoms with Gasteiger partial charge in [-0.3, -0.25) is 0 Å². The van der Waals surface area contributed by atoms with Crippen molar-refractivity contribution in [1.29, 1.82) is 0 Å². The van der Waals surface area contributed by atoms with Gasteiger partial charge < -0.3 is 4.55 Å². The van der Waals surface area contributed by atoms with E-state index in [9.17, 15) is 13.0 Å². The molecule has 4 rings (SSSR count). The first kappa shape index (κ1) is 25.8. The Morgan fingerprint density at radius 1 is 0.618 bits per heavy atom. The molecule has 0 bridgehead atoms. The molecule has 0 fully saturated rings. The average molecular weight is 491 g/mol. The molecule has 0 aliphatic heterocycles. The molecule has 3 nitrogen and oxygen atoms in total. The fourth-order valence-electron chi connectivity index (χ4n) is 3.45. The van der Waals surface area contributed by atoms with Gasteiger partial charge in [-0.05, 0) is 65.9 Å². The van der Waals surface area contributed by atoms with E-state index >= 15 is 0 Å². The molecule has 34 heavy (non-hydrogen) atoms. The molecule has 4 aromatic rings. The minimum Gasteiger partial charge on any atom is -0.744 e. The highest BCUT2D eigenvalue weighted by molar-refractivity contribution is 7.97. The number of hydrogen-bond acceptors (Lipinski definition) is 3. The maximum absolute atomic E-state index is 10.5. The topological polar surface area (TPSA) is 57.2 Å². The van der Waals surface area contributed by atoms with E-state index in [1.54, 1.807) is 19.1 Å². The zero-order valence-electron chi connectivity index (χ0n) is 19.9. The molecule has 176 valence electrons. The van der Waals surface area contributed by atoms with Gasteiger partial charge in [-0.1, -0.05) is 87.5 Å². The predicted molar refractivity (Wildman–Crippen MR) is 139 cm³/mol. The van der Waals surface area contributed by atoms with Gasteiger partial charge in [-0.15, -0.1) is 0 Å². The lowest BCUT2D eigenvalue weighted by molar-refractivity contribution is 0.462. The predicted octanol–water partition coefficient (Wildman–Crippen LogP) is 6.98. The average Bonchev–Trinajstić information content (AvgIpc) is 2.80. The van der Waals surface area contributed by atoms with Crippen molar-refractivity contribution in [3.63, 3.8) is 0 Å². The van der Waals surface area contributed by atoms with Gasteiger partial charge in [0.15, 0.2) is 14.7 Å². The van der Waals surface area contributed by atoms with Crippen LogP contribution in [0.4, 0.5) is 0 Å². The molecule has 0 saturated carbocycles. The minimum absolute atomic E-state index is 0.0497. The fraction of sp³-hybridized carbons (Fsp3) is 0.172. The van der Waals surface area contributed by atoms with Crippen molar-refractivity contribution < 1.29 is 13.0 Å². The molecule has 0 aliphatic rings. The van der Waals surface area contributed by atoms with E-state index in [-0.39, 0.29) is 21.2 Å². The minimum atomic E-state index is -4.28. The van der Waals surface area contributed by atoms with Gasteiger partial charge in [-0.25, -0.2) is 8.42 Å². The highest BCUT2D eigenvalue weighted by Gasteiger charge is 2.28. The molecular formula is C29H30O3S2. The lowest BCUT2D eigenvalue weighted by atomic mass is 9.87. The van der Waals surface area contributed by atoms with Crippen molar-refractivity contribution in [1.82, 2.24) is 0 Å². The third-order valence-corrected chi connectivity index (χ3v) is 8.50. The van der Waals surface area contributed by atoms with E-state index in [0.717, 1.165) is 0 Å². The lowest BCUT2D eigenvalue weighted by Crippen LogP contribution is -2.11. The standard InChI is InChI=1S/C22H23S.C7H8O3S/c1-22(2,3)18-14-16-21(17-15-18)23(19-10-6-4-7-11-19)20-12-8-5-9-13-20;1-6-4-2-3-5-7(6)11(8,9)10/h4-17H,1-3H3;2-5H,1H3,(H,8,9,10)/q+1;/p-1. The van der Waals surface area contributed by atoms with Gasteiger partial charge in [0, 0.05) is 0 Å². The van der Waals surface area contributed by atoms with Crippen molar-refractivity contribution in [2.75, 3.05) is 0 Å². The molecule has 4 aromatic carbocycles. The van der Waals surface area contributed by atoms with Gasteiger partial charge in [0.2, 0.25) is 0 Å². The zero-order valence-corrected chi connectivity index (χ0v) is 21.6. The van der Waals surface area contributed by atoms with E-state index in [1.807, 2.05) is 0 Å². The molecule has 0 spiro atoms. The summed E-state index contributed by atoms with van der Waals surface area (Å²) in [7, 11) is -4.33. The van der Waals surface area contributed by atoms with Crippen LogP contribution in [0.25, 0.3) is 0 Å². The van der Waals surface area contributed by atoms with Gasteiger partial charge in [0.05, 0.1) is 15.8 Å². The van der Waals surface area contributed by atoms with E-state index in [2.05, 4.69) is 106 Å². The number of rotatable bonds is 4. The Bertz CT molecular complexity index is 1250. The Hall–Kier alpha value is -2.86. The molecule has 0 atom stereocenters. The maximum Gasteiger partial charge on any atom is 0.166 e. The summed E-state index contributed by atoms with van der Waals surface area (Å²) < 4.78 is 31.5. The summed E-state index contributed by atoms with van der Waals surface area (Å²) in [5.74, 6) is 0. The second-order valence-electron chi connectivity index (χ2n) is 8.93. The van der Waals surface area contributed by atoms with Crippen LogP contribution in [-0.2, 0) is 26.4 Å². The number of benzene rings is 4. The molecule has 0 radical (unpaired) electrons. The Balaban J connectivity index is 0.000000248. The van der Waals surface area contributed by atoms with E-state index < -0.39 is 10.1 Å². The van der Waals surface area contributed by atoms with Gasteiger partial charge in [0.25, 0.3) is 0 Å². The van der Waals surface area contributed by atoms with Gasteiger partial charge >= 0.3 is 0 Å². The lowest BCUT2D eigenvalue weighted by Gasteiger charge is -2.19. The molecule has 0 amide bonds. The van der Waals surface area contributed by atoms with Crippen molar-refractivity contribution in [3.8, 4) is 0 Å². The first-order valence-corrected chi connectivity index (χ1v) is 13.7. The van der Waals surface area contributed by atoms with Crippen LogP contribution >= 0.6 is 0 Å². The van der Waals surface area contributed by atoms with Crippen LogP contribution in [0.1, 0.15) is 31.9 Å². The summed E-state index contributed by atoms with van der Waals surface area (Å²) in [6, 6.07) is 36.8. The summed E-state index contributed by atoms with van der Waals surface area (Å²) in [4.78, 5) is 3.96. The molecule has 0 saturated heterocycles. The van der Waals surface area contributed by atoms with Crippen LogP contribution in [-0.4, -0.2) is 13.0 Å². The first-order valence-electron chi connectivity index (χ1n) is 11.0. The molecule has 0 aliphatic carbocycles. The molecule has 0 aromatic heterocycles. The van der Waals surface area contributed by atoms with E-state index in [0.29, 0.717) is 5.56 Å². The van der Waals surface area contributed by atoms with E-state index in [4.69, 9.17) is 0 Å². The summed E-state index contributed by atoms with van der Waals surface area (Å²) in [5, 5.41) is 0. The number of hydrogen-bond donors (Lipinski definition) is 0. The van der Waals surface area contributed by atoms with Crippen molar-refractivity contribution in [2.45, 2.75) is 52.7 Å². The summed E-state index contributed by atoms with van der Waals surface area (Å²) in [6.07, 6.45) is 0. The molecule has 0 unspecified atom stereocenters. The van der Waals surface area contributed by atoms with Gasteiger partial charge in [0.1, 0.15) is 10.1 Å². The first-order chi connectivity index (χ1) is 16.1. The van der Waals surface area contributed by atoms with Crippen LogP contribution in [0.5, 0.6) is 0 Å². The Morgan fingerprint density at radius 3 is 1.41 bits per heavy atom. The van der Waals surface area contributed by atoms with Crippen molar-refractivity contribution in [3.05, 3.63) is 120 Å². The third-order valence-electron chi connectivity index (χ3n) is 5.28. The maximum atomic E-state index is 10.5. The van der Waals surface area contributed by atoms with Crippen molar-refractivity contribution >= 4 is 21.0 Å². The quantitative estimate of drug-likeness (QED) is 0.229. The molecule has 0 heterocycles. The smallest absolute Gasteiger partial charge is 0.166 e. The largest absolute Gasteiger partial charge is 0.744 e. The van der Waals surface area contributed by atoms with Crippen LogP contribution in [0.2, 0.25) is 0 Å². The van der Waals surface area contributed by atoms with Gasteiger partial charge in [-0.2, -0.15) is 0 Å². The summed E-state index contributed by atoms with van der Waals surface area (Å²) >= 11 is 0. The normalized spacial score (nSPS) is 11.6. The monoisotopic (exact) mass is 490 g/mol. The van der Waals surface area contributed by atoms with Crippen LogP contribution in [0, 0.1) is 6.92 Å². The van der Waals surface area contributed by atoms with Crippen molar-refractivity contribution in [2.24, 2.45) is 0 Å². The Kier molecular flexibility index (Phi) is 8.37. The van der Waals surface area contributed by atoms with Crippen LogP contribution < -0.4 is 0 Å². The highest BCUT2D eigenvalue weighted by atomic mass is 32.2. The number of aryl methyl sites for hydroxylation is 1. The highest BCUT2D eigenvalue weighted by Crippen LogP contribution is 2.32. The fourth-order valence-corrected chi connectivity index (χ4v) is 6.24. The summed E-state index contributed by atoms with van der Waals surface area (Å²) in [5.41, 5.74) is 2.06. The SMILES string of the molecule is CC(C)(C)c1ccc([S+](c2ccccc2)c2ccccc2)cc1.Cc1ccccc1S(=O)(=O)[O-]. The van der Waals surface area contributed by atoms with Crippen LogP contribution in [0.3, 0.4) is 0 Å². The zero-order chi connectivity index (χ0) is 24.8.